The van der Waals surface area contributed by atoms with Crippen LogP contribution in [-0.4, -0.2) is 36.8 Å². The van der Waals surface area contributed by atoms with Gasteiger partial charge in [-0.05, 0) is 37.6 Å². The zero-order chi connectivity index (χ0) is 13.7. The minimum absolute atomic E-state index is 0.0388. The summed E-state index contributed by atoms with van der Waals surface area (Å²) in [5.41, 5.74) is 8.02. The highest BCUT2D eigenvalue weighted by Gasteiger charge is 2.21. The van der Waals surface area contributed by atoms with Crippen LogP contribution in [0.4, 0.5) is 0 Å². The van der Waals surface area contributed by atoms with Crippen molar-refractivity contribution in [3.8, 4) is 0 Å². The summed E-state index contributed by atoms with van der Waals surface area (Å²) in [5, 5.41) is 9.99. The molecule has 3 nitrogen and oxygen atoms in total. The summed E-state index contributed by atoms with van der Waals surface area (Å²) >= 11 is 0. The van der Waals surface area contributed by atoms with Gasteiger partial charge in [0.25, 0.3) is 0 Å². The number of nitrogens with two attached hydrogens (primary N) is 1. The maximum absolute atomic E-state index is 9.99. The zero-order valence-corrected chi connectivity index (χ0v) is 11.9. The molecule has 0 aliphatic rings. The average Bonchev–Trinajstić information content (AvgIpc) is 2.30. The van der Waals surface area contributed by atoms with Crippen LogP contribution in [-0.2, 0) is 6.42 Å². The van der Waals surface area contributed by atoms with E-state index in [2.05, 4.69) is 38.1 Å². The fraction of sp³-hybridized carbons (Fsp3) is 0.600. The van der Waals surface area contributed by atoms with Crippen molar-refractivity contribution in [1.82, 2.24) is 4.90 Å². The molecular formula is C15H26N2O. The largest absolute Gasteiger partial charge is 0.390 e. The predicted octanol–water partition coefficient (Wildman–Crippen LogP) is 1.81. The Labute approximate surface area is 111 Å². The van der Waals surface area contributed by atoms with Crippen molar-refractivity contribution in [3.63, 3.8) is 0 Å². The molecule has 0 amide bonds. The Balaban J connectivity index is 2.87. The molecule has 3 N–H and O–H groups in total. The molecule has 0 aromatic heterocycles. The van der Waals surface area contributed by atoms with Crippen molar-refractivity contribution in [1.29, 1.82) is 0 Å². The van der Waals surface area contributed by atoms with E-state index in [1.165, 1.54) is 5.56 Å². The Bertz CT molecular complexity index is 346. The quantitative estimate of drug-likeness (QED) is 0.809. The molecule has 0 aliphatic carbocycles. The summed E-state index contributed by atoms with van der Waals surface area (Å²) < 4.78 is 0. The van der Waals surface area contributed by atoms with E-state index < -0.39 is 6.10 Å². The van der Waals surface area contributed by atoms with E-state index in [0.29, 0.717) is 5.92 Å². The molecule has 0 spiro atoms. The topological polar surface area (TPSA) is 49.5 Å². The van der Waals surface area contributed by atoms with Crippen LogP contribution in [0, 0.1) is 5.92 Å². The molecule has 0 fully saturated rings. The highest BCUT2D eigenvalue weighted by Crippen LogP contribution is 2.22. The number of aliphatic hydroxyl groups is 1. The number of rotatable bonds is 6. The van der Waals surface area contributed by atoms with Gasteiger partial charge >= 0.3 is 0 Å². The fourth-order valence-corrected chi connectivity index (χ4v) is 2.32. The van der Waals surface area contributed by atoms with Gasteiger partial charge < -0.3 is 15.7 Å². The normalized spacial score (nSPS) is 15.1. The molecule has 1 aromatic carbocycles. The second-order valence-corrected chi connectivity index (χ2v) is 5.55. The molecule has 0 radical (unpaired) electrons. The lowest BCUT2D eigenvalue weighted by Gasteiger charge is -2.29. The highest BCUT2D eigenvalue weighted by molar-refractivity contribution is 5.26. The smallest absolute Gasteiger partial charge is 0.0858 e. The summed E-state index contributed by atoms with van der Waals surface area (Å²) in [4.78, 5) is 2.01. The SMILES string of the molecule is CC(C)Cc1ccc(C(C(O)CN)N(C)C)cc1. The highest BCUT2D eigenvalue weighted by atomic mass is 16.3. The number of benzene rings is 1. The van der Waals surface area contributed by atoms with Crippen LogP contribution < -0.4 is 5.73 Å². The third-order valence-electron chi connectivity index (χ3n) is 3.13. The number of likely N-dealkylation sites (N-methyl/N-ethyl adjacent to an activating group) is 1. The molecule has 18 heavy (non-hydrogen) atoms. The second kappa shape index (κ2) is 6.88. The minimum atomic E-state index is -0.532. The van der Waals surface area contributed by atoms with E-state index in [0.717, 1.165) is 12.0 Å². The van der Waals surface area contributed by atoms with Crippen LogP contribution >= 0.6 is 0 Å². The molecule has 2 atom stereocenters. The molecule has 0 heterocycles. The second-order valence-electron chi connectivity index (χ2n) is 5.55. The van der Waals surface area contributed by atoms with E-state index in [-0.39, 0.29) is 12.6 Å². The summed E-state index contributed by atoms with van der Waals surface area (Å²) in [6.45, 7) is 4.71. The molecule has 1 rings (SSSR count). The maximum Gasteiger partial charge on any atom is 0.0858 e. The Hall–Kier alpha value is -0.900. The average molecular weight is 250 g/mol. The maximum atomic E-state index is 9.99. The Morgan fingerprint density at radius 1 is 1.17 bits per heavy atom. The van der Waals surface area contributed by atoms with Crippen molar-refractivity contribution in [3.05, 3.63) is 35.4 Å². The Kier molecular flexibility index (Phi) is 5.79. The Morgan fingerprint density at radius 3 is 2.11 bits per heavy atom. The molecular weight excluding hydrogens is 224 g/mol. The minimum Gasteiger partial charge on any atom is -0.390 e. The van der Waals surface area contributed by atoms with Gasteiger partial charge in [-0.2, -0.15) is 0 Å². The number of hydrogen-bond donors (Lipinski definition) is 2. The van der Waals surface area contributed by atoms with Crippen molar-refractivity contribution in [2.75, 3.05) is 20.6 Å². The summed E-state index contributed by atoms with van der Waals surface area (Å²) in [6.07, 6.45) is 0.558. The molecule has 102 valence electrons. The third kappa shape index (κ3) is 4.09. The van der Waals surface area contributed by atoms with E-state index in [1.54, 1.807) is 0 Å². The molecule has 0 saturated carbocycles. The van der Waals surface area contributed by atoms with Crippen LogP contribution in [0.2, 0.25) is 0 Å². The van der Waals surface area contributed by atoms with Gasteiger partial charge in [0.05, 0.1) is 12.1 Å². The molecule has 2 unspecified atom stereocenters. The standard InChI is InChI=1S/C15H26N2O/c1-11(2)9-12-5-7-13(8-6-12)15(17(3)4)14(18)10-16/h5-8,11,14-15,18H,9-10,16H2,1-4H3. The van der Waals surface area contributed by atoms with Crippen LogP contribution in [0.25, 0.3) is 0 Å². The van der Waals surface area contributed by atoms with Crippen molar-refractivity contribution in [2.24, 2.45) is 11.7 Å². The molecule has 0 bridgehead atoms. The fourth-order valence-electron chi connectivity index (χ4n) is 2.32. The van der Waals surface area contributed by atoms with Gasteiger partial charge in [0, 0.05) is 6.54 Å². The zero-order valence-electron chi connectivity index (χ0n) is 11.9. The van der Waals surface area contributed by atoms with E-state index in [9.17, 15) is 5.11 Å². The number of aliphatic hydroxyl groups excluding tert-OH is 1. The van der Waals surface area contributed by atoms with Crippen LogP contribution in [0.15, 0.2) is 24.3 Å². The lowest BCUT2D eigenvalue weighted by atomic mass is 9.96. The molecule has 0 aliphatic heterocycles. The van der Waals surface area contributed by atoms with Gasteiger partial charge in [0.15, 0.2) is 0 Å². The first-order valence-electron chi connectivity index (χ1n) is 6.59. The lowest BCUT2D eigenvalue weighted by molar-refractivity contribution is 0.0823. The first kappa shape index (κ1) is 15.2. The molecule has 1 aromatic rings. The van der Waals surface area contributed by atoms with Crippen molar-refractivity contribution >= 4 is 0 Å². The van der Waals surface area contributed by atoms with Crippen molar-refractivity contribution in [2.45, 2.75) is 32.4 Å². The Morgan fingerprint density at radius 2 is 1.72 bits per heavy atom. The van der Waals surface area contributed by atoms with Crippen LogP contribution in [0.3, 0.4) is 0 Å². The number of hydrogen-bond acceptors (Lipinski definition) is 3. The lowest BCUT2D eigenvalue weighted by Crippen LogP contribution is -2.36. The first-order valence-corrected chi connectivity index (χ1v) is 6.59. The van der Waals surface area contributed by atoms with E-state index in [4.69, 9.17) is 5.73 Å². The van der Waals surface area contributed by atoms with E-state index in [1.807, 2.05) is 19.0 Å². The first-order chi connectivity index (χ1) is 8.45. The number of nitrogens with zero attached hydrogens (tertiary/aromatic N) is 1. The summed E-state index contributed by atoms with van der Waals surface area (Å²) in [6, 6.07) is 8.45. The monoisotopic (exact) mass is 250 g/mol. The molecule has 3 heteroatoms. The van der Waals surface area contributed by atoms with Crippen molar-refractivity contribution < 1.29 is 5.11 Å². The summed E-state index contributed by atoms with van der Waals surface area (Å²) in [5.74, 6) is 0.662. The van der Waals surface area contributed by atoms with Gasteiger partial charge in [-0.25, -0.2) is 0 Å². The van der Waals surface area contributed by atoms with Gasteiger partial charge in [0.2, 0.25) is 0 Å². The van der Waals surface area contributed by atoms with Gasteiger partial charge in [0.1, 0.15) is 0 Å². The predicted molar refractivity (Wildman–Crippen MR) is 76.5 cm³/mol. The van der Waals surface area contributed by atoms with E-state index >= 15 is 0 Å². The third-order valence-corrected chi connectivity index (χ3v) is 3.13. The van der Waals surface area contributed by atoms with Gasteiger partial charge in [-0.3, -0.25) is 0 Å². The summed E-state index contributed by atoms with van der Waals surface area (Å²) in [7, 11) is 3.93. The molecule has 0 saturated heterocycles. The van der Waals surface area contributed by atoms with Gasteiger partial charge in [-0.15, -0.1) is 0 Å². The van der Waals surface area contributed by atoms with Crippen LogP contribution in [0.1, 0.15) is 31.0 Å². The van der Waals surface area contributed by atoms with Crippen LogP contribution in [0.5, 0.6) is 0 Å². The van der Waals surface area contributed by atoms with Gasteiger partial charge in [-0.1, -0.05) is 38.1 Å².